The van der Waals surface area contributed by atoms with Crippen LogP contribution in [0.25, 0.3) is 0 Å². The minimum absolute atomic E-state index is 0.0226. The molecule has 2 aromatic carbocycles. The van der Waals surface area contributed by atoms with E-state index in [2.05, 4.69) is 31.9 Å². The normalized spacial score (nSPS) is 15.1. The number of hydrogen-bond acceptors (Lipinski definition) is 7. The van der Waals surface area contributed by atoms with Crippen LogP contribution in [-0.2, 0) is 10.0 Å². The maximum atomic E-state index is 14.0. The number of nitrogens with zero attached hydrogens (tertiary/aromatic N) is 3. The first-order chi connectivity index (χ1) is 14.8. The van der Waals surface area contributed by atoms with Crippen LogP contribution in [0, 0.1) is 5.82 Å². The zero-order chi connectivity index (χ0) is 22.0. The monoisotopic (exact) mass is 481 g/mol. The Hall–Kier alpha value is -2.40. The van der Waals surface area contributed by atoms with Gasteiger partial charge in [-0.1, -0.05) is 11.6 Å². The van der Waals surface area contributed by atoms with Crippen molar-refractivity contribution in [2.45, 2.75) is 4.90 Å². The van der Waals surface area contributed by atoms with Crippen LogP contribution < -0.4 is 14.9 Å². The lowest BCUT2D eigenvalue weighted by Gasteiger charge is -2.35. The summed E-state index contributed by atoms with van der Waals surface area (Å²) in [5.74, 6) is -0.0633. The van der Waals surface area contributed by atoms with Gasteiger partial charge in [0.15, 0.2) is 5.82 Å². The lowest BCUT2D eigenvalue weighted by molar-refractivity contribution is 0.313. The number of thiazole rings is 1. The Balaban J connectivity index is 1.58. The second kappa shape index (κ2) is 8.99. The van der Waals surface area contributed by atoms with Crippen LogP contribution >= 0.6 is 22.9 Å². The molecule has 1 fully saturated rings. The highest BCUT2D eigenvalue weighted by molar-refractivity contribution is 7.92. The van der Waals surface area contributed by atoms with Crippen LogP contribution in [-0.4, -0.2) is 51.5 Å². The summed E-state index contributed by atoms with van der Waals surface area (Å²) in [5, 5.41) is 5.05. The molecular formula is C20H21ClFN5O2S2. The second-order valence-electron chi connectivity index (χ2n) is 7.20. The molecule has 1 aliphatic rings. The molecule has 11 heteroatoms. The SMILES string of the molecule is CN1CCN(c2cc(F)ccc2Nc2ccc(S(=O)(=O)Nc3cscn3)cc2Cl)CC1. The lowest BCUT2D eigenvalue weighted by Crippen LogP contribution is -2.44. The summed E-state index contributed by atoms with van der Waals surface area (Å²) in [4.78, 5) is 8.30. The van der Waals surface area contributed by atoms with Crippen molar-refractivity contribution in [3.05, 3.63) is 58.1 Å². The van der Waals surface area contributed by atoms with Gasteiger partial charge in [0.25, 0.3) is 10.0 Å². The van der Waals surface area contributed by atoms with E-state index in [9.17, 15) is 12.8 Å². The summed E-state index contributed by atoms with van der Waals surface area (Å²) >= 11 is 7.68. The van der Waals surface area contributed by atoms with Gasteiger partial charge >= 0.3 is 0 Å². The molecule has 4 rings (SSSR count). The third kappa shape index (κ3) is 5.09. The van der Waals surface area contributed by atoms with Crippen molar-refractivity contribution in [3.63, 3.8) is 0 Å². The number of likely N-dealkylation sites (N-methyl/N-ethyl adjacent to an activating group) is 1. The van der Waals surface area contributed by atoms with E-state index in [4.69, 9.17) is 11.6 Å². The predicted molar refractivity (Wildman–Crippen MR) is 124 cm³/mol. The summed E-state index contributed by atoms with van der Waals surface area (Å²) in [6, 6.07) is 8.97. The second-order valence-corrected chi connectivity index (χ2v) is 10.0. The van der Waals surface area contributed by atoms with Gasteiger partial charge in [-0.05, 0) is 43.4 Å². The van der Waals surface area contributed by atoms with Crippen molar-refractivity contribution < 1.29 is 12.8 Å². The Morgan fingerprint density at radius 3 is 2.52 bits per heavy atom. The molecular weight excluding hydrogens is 461 g/mol. The van der Waals surface area contributed by atoms with Gasteiger partial charge in [0, 0.05) is 31.6 Å². The van der Waals surface area contributed by atoms with E-state index >= 15 is 0 Å². The summed E-state index contributed by atoms with van der Waals surface area (Å²) in [6.45, 7) is 3.33. The highest BCUT2D eigenvalue weighted by Crippen LogP contribution is 2.34. The maximum Gasteiger partial charge on any atom is 0.263 e. The fraction of sp³-hybridized carbons (Fsp3) is 0.250. The molecule has 0 radical (unpaired) electrons. The van der Waals surface area contributed by atoms with Gasteiger partial charge in [-0.2, -0.15) is 0 Å². The van der Waals surface area contributed by atoms with E-state index in [0.717, 1.165) is 31.9 Å². The Morgan fingerprint density at radius 1 is 1.10 bits per heavy atom. The van der Waals surface area contributed by atoms with Crippen molar-refractivity contribution in [3.8, 4) is 0 Å². The zero-order valence-electron chi connectivity index (χ0n) is 16.7. The maximum absolute atomic E-state index is 14.0. The van der Waals surface area contributed by atoms with Gasteiger partial charge in [0.1, 0.15) is 5.82 Å². The molecule has 1 aromatic heterocycles. The molecule has 7 nitrogen and oxygen atoms in total. The van der Waals surface area contributed by atoms with Crippen LogP contribution in [0.15, 0.2) is 52.2 Å². The molecule has 1 saturated heterocycles. The molecule has 0 amide bonds. The molecule has 3 aromatic rings. The quantitative estimate of drug-likeness (QED) is 0.548. The summed E-state index contributed by atoms with van der Waals surface area (Å²) in [5.41, 5.74) is 3.50. The largest absolute Gasteiger partial charge is 0.367 e. The van der Waals surface area contributed by atoms with Gasteiger partial charge in [0.2, 0.25) is 0 Å². The Bertz CT molecular complexity index is 1170. The Labute approximate surface area is 189 Å². The van der Waals surface area contributed by atoms with Crippen molar-refractivity contribution in [2.75, 3.05) is 48.2 Å². The lowest BCUT2D eigenvalue weighted by atomic mass is 10.2. The van der Waals surface area contributed by atoms with E-state index < -0.39 is 10.0 Å². The van der Waals surface area contributed by atoms with Gasteiger partial charge in [-0.15, -0.1) is 11.3 Å². The van der Waals surface area contributed by atoms with E-state index in [-0.39, 0.29) is 21.6 Å². The Kier molecular flexibility index (Phi) is 6.33. The predicted octanol–water partition coefficient (Wildman–Crippen LogP) is 4.23. The number of aromatic nitrogens is 1. The minimum Gasteiger partial charge on any atom is -0.367 e. The van der Waals surface area contributed by atoms with E-state index in [0.29, 0.717) is 11.4 Å². The van der Waals surface area contributed by atoms with Crippen LogP contribution in [0.3, 0.4) is 0 Å². The zero-order valence-corrected chi connectivity index (χ0v) is 19.1. The Morgan fingerprint density at radius 2 is 1.84 bits per heavy atom. The van der Waals surface area contributed by atoms with Crippen LogP contribution in [0.4, 0.5) is 27.3 Å². The average molecular weight is 482 g/mol. The first-order valence-electron chi connectivity index (χ1n) is 9.52. The molecule has 0 spiro atoms. The fourth-order valence-electron chi connectivity index (χ4n) is 3.29. The van der Waals surface area contributed by atoms with Gasteiger partial charge in [-0.25, -0.2) is 17.8 Å². The number of nitrogens with one attached hydrogen (secondary N) is 2. The molecule has 1 aliphatic heterocycles. The third-order valence-electron chi connectivity index (χ3n) is 5.00. The van der Waals surface area contributed by atoms with E-state index in [1.807, 2.05) is 0 Å². The van der Waals surface area contributed by atoms with E-state index in [1.54, 1.807) is 23.0 Å². The fourth-order valence-corrected chi connectivity index (χ4v) is 5.16. The number of rotatable bonds is 6. The number of halogens is 2. The minimum atomic E-state index is -3.81. The van der Waals surface area contributed by atoms with Gasteiger partial charge < -0.3 is 15.1 Å². The summed E-state index contributed by atoms with van der Waals surface area (Å²) in [6.07, 6.45) is 0. The summed E-state index contributed by atoms with van der Waals surface area (Å²) < 4.78 is 41.5. The highest BCUT2D eigenvalue weighted by atomic mass is 35.5. The van der Waals surface area contributed by atoms with Gasteiger partial charge in [0.05, 0.1) is 32.5 Å². The summed E-state index contributed by atoms with van der Waals surface area (Å²) in [7, 11) is -1.76. The molecule has 164 valence electrons. The topological polar surface area (TPSA) is 77.6 Å². The number of sulfonamides is 1. The molecule has 0 saturated carbocycles. The molecule has 0 atom stereocenters. The van der Waals surface area contributed by atoms with Crippen LogP contribution in [0.2, 0.25) is 5.02 Å². The molecule has 0 unspecified atom stereocenters. The first kappa shape index (κ1) is 21.8. The molecule has 0 bridgehead atoms. The van der Waals surface area contributed by atoms with Crippen molar-refractivity contribution in [1.29, 1.82) is 0 Å². The van der Waals surface area contributed by atoms with Crippen molar-refractivity contribution in [2.24, 2.45) is 0 Å². The molecule has 2 N–H and O–H groups in total. The molecule has 0 aliphatic carbocycles. The van der Waals surface area contributed by atoms with E-state index in [1.165, 1.54) is 35.6 Å². The number of benzene rings is 2. The number of hydrogen-bond donors (Lipinski definition) is 2. The molecule has 2 heterocycles. The number of piperazine rings is 1. The van der Waals surface area contributed by atoms with Gasteiger partial charge in [-0.3, -0.25) is 4.72 Å². The van der Waals surface area contributed by atoms with Crippen molar-refractivity contribution >= 4 is 55.8 Å². The number of anilines is 4. The molecule has 31 heavy (non-hydrogen) atoms. The third-order valence-corrected chi connectivity index (χ3v) is 7.25. The standard InChI is InChI=1S/C20H21ClFN5O2S2/c1-26-6-8-27(9-7-26)19-10-14(22)2-4-18(19)24-17-5-3-15(11-16(17)21)31(28,29)25-20-12-30-13-23-20/h2-5,10-13,24-25H,6-9H2,1H3. The van der Waals surface area contributed by atoms with Crippen LogP contribution in [0.1, 0.15) is 0 Å². The highest BCUT2D eigenvalue weighted by Gasteiger charge is 2.20. The smallest absolute Gasteiger partial charge is 0.263 e. The van der Waals surface area contributed by atoms with Crippen LogP contribution in [0.5, 0.6) is 0 Å². The van der Waals surface area contributed by atoms with Crippen molar-refractivity contribution in [1.82, 2.24) is 9.88 Å². The average Bonchev–Trinajstić information content (AvgIpc) is 3.23. The first-order valence-corrected chi connectivity index (χ1v) is 12.3.